The van der Waals surface area contributed by atoms with Gasteiger partial charge in [0, 0.05) is 26.1 Å². The molecule has 1 fully saturated rings. The minimum Gasteiger partial charge on any atom is -0.352 e. The predicted molar refractivity (Wildman–Crippen MR) is 86.5 cm³/mol. The van der Waals surface area contributed by atoms with Crippen LogP contribution in [0.5, 0.6) is 0 Å². The minimum atomic E-state index is -0.619. The average molecular weight is 315 g/mol. The summed E-state index contributed by atoms with van der Waals surface area (Å²) in [6, 6.07) is 6.96. The molecular weight excluding hydrogens is 294 g/mol. The zero-order valence-electron chi connectivity index (χ0n) is 13.2. The van der Waals surface area contributed by atoms with Gasteiger partial charge in [0.15, 0.2) is 0 Å². The van der Waals surface area contributed by atoms with Gasteiger partial charge < -0.3 is 15.5 Å². The molecule has 2 rings (SSSR count). The molecule has 1 heterocycles. The van der Waals surface area contributed by atoms with Gasteiger partial charge in [-0.2, -0.15) is 0 Å². The van der Waals surface area contributed by atoms with Gasteiger partial charge in [-0.15, -0.1) is 0 Å². The lowest BCUT2D eigenvalue weighted by Gasteiger charge is -2.35. The molecular formula is C17H21N3O3. The van der Waals surface area contributed by atoms with E-state index in [-0.39, 0.29) is 30.7 Å². The van der Waals surface area contributed by atoms with Crippen LogP contribution in [-0.2, 0) is 14.4 Å². The Morgan fingerprint density at radius 3 is 2.96 bits per heavy atom. The minimum absolute atomic E-state index is 0.148. The Kier molecular flexibility index (Phi) is 5.51. The Morgan fingerprint density at radius 2 is 2.26 bits per heavy atom. The molecule has 0 bridgehead atoms. The lowest BCUT2D eigenvalue weighted by Crippen LogP contribution is -2.52. The topological polar surface area (TPSA) is 78.5 Å². The summed E-state index contributed by atoms with van der Waals surface area (Å²) in [6.45, 7) is 6.42. The molecule has 2 N–H and O–H groups in total. The van der Waals surface area contributed by atoms with Crippen molar-refractivity contribution in [1.29, 1.82) is 0 Å². The number of benzene rings is 1. The van der Waals surface area contributed by atoms with Crippen LogP contribution in [0.4, 0.5) is 0 Å². The second-order valence-electron chi connectivity index (χ2n) is 5.44. The lowest BCUT2D eigenvalue weighted by molar-refractivity contribution is -0.143. The molecule has 6 heteroatoms. The van der Waals surface area contributed by atoms with E-state index >= 15 is 0 Å². The van der Waals surface area contributed by atoms with Crippen LogP contribution >= 0.6 is 0 Å². The van der Waals surface area contributed by atoms with Crippen molar-refractivity contribution >= 4 is 17.7 Å². The summed E-state index contributed by atoms with van der Waals surface area (Å²) in [5.74, 6) is -0.648. The molecule has 1 atom stereocenters. The summed E-state index contributed by atoms with van der Waals surface area (Å²) in [4.78, 5) is 37.4. The van der Waals surface area contributed by atoms with Crippen molar-refractivity contribution in [3.05, 3.63) is 48.0 Å². The van der Waals surface area contributed by atoms with E-state index in [4.69, 9.17) is 0 Å². The van der Waals surface area contributed by atoms with Crippen LogP contribution in [0.25, 0.3) is 0 Å². The molecule has 1 unspecified atom stereocenters. The number of carbonyl (C=O) groups excluding carboxylic acids is 3. The van der Waals surface area contributed by atoms with E-state index in [9.17, 15) is 14.4 Å². The first-order chi connectivity index (χ1) is 11.0. The van der Waals surface area contributed by atoms with Gasteiger partial charge >= 0.3 is 0 Å². The quantitative estimate of drug-likeness (QED) is 0.785. The molecule has 1 aliphatic heterocycles. The van der Waals surface area contributed by atoms with Crippen molar-refractivity contribution in [1.82, 2.24) is 15.5 Å². The highest BCUT2D eigenvalue weighted by Crippen LogP contribution is 2.24. The number of nitrogens with one attached hydrogen (secondary N) is 2. The number of amides is 3. The van der Waals surface area contributed by atoms with E-state index < -0.39 is 6.04 Å². The first-order valence-electron chi connectivity index (χ1n) is 7.57. The molecule has 3 amide bonds. The molecule has 122 valence electrons. The van der Waals surface area contributed by atoms with Gasteiger partial charge in [0.2, 0.25) is 17.7 Å². The molecule has 6 nitrogen and oxygen atoms in total. The van der Waals surface area contributed by atoms with Crippen LogP contribution in [0.15, 0.2) is 36.9 Å². The normalized spacial score (nSPS) is 17.3. The Morgan fingerprint density at radius 1 is 1.48 bits per heavy atom. The molecule has 0 spiro atoms. The highest BCUT2D eigenvalue weighted by molar-refractivity contribution is 5.90. The zero-order valence-corrected chi connectivity index (χ0v) is 13.2. The van der Waals surface area contributed by atoms with Crippen molar-refractivity contribution in [3.8, 4) is 0 Å². The number of hydrogen-bond donors (Lipinski definition) is 2. The Hall–Kier alpha value is -2.63. The number of rotatable bonds is 5. The summed E-state index contributed by atoms with van der Waals surface area (Å²) in [6.07, 6.45) is 1.31. The van der Waals surface area contributed by atoms with E-state index in [1.807, 2.05) is 31.2 Å². The number of hydrogen-bond acceptors (Lipinski definition) is 3. The summed E-state index contributed by atoms with van der Waals surface area (Å²) >= 11 is 0. The smallest absolute Gasteiger partial charge is 0.247 e. The monoisotopic (exact) mass is 315 g/mol. The Bertz CT molecular complexity index is 627. The van der Waals surface area contributed by atoms with Gasteiger partial charge in [-0.3, -0.25) is 14.4 Å². The van der Waals surface area contributed by atoms with Gasteiger partial charge in [-0.25, -0.2) is 0 Å². The van der Waals surface area contributed by atoms with Crippen LogP contribution < -0.4 is 10.6 Å². The largest absolute Gasteiger partial charge is 0.352 e. The summed E-state index contributed by atoms with van der Waals surface area (Å²) in [5.41, 5.74) is 1.83. The molecule has 0 aliphatic carbocycles. The summed E-state index contributed by atoms with van der Waals surface area (Å²) in [5, 5.41) is 5.37. The molecule has 0 aromatic heterocycles. The van der Waals surface area contributed by atoms with E-state index in [1.165, 1.54) is 0 Å². The van der Waals surface area contributed by atoms with Gasteiger partial charge in [0.05, 0.1) is 0 Å². The van der Waals surface area contributed by atoms with E-state index in [0.717, 1.165) is 17.2 Å². The van der Waals surface area contributed by atoms with Crippen molar-refractivity contribution < 1.29 is 14.4 Å². The summed E-state index contributed by atoms with van der Waals surface area (Å²) < 4.78 is 0. The maximum atomic E-state index is 12.5. The van der Waals surface area contributed by atoms with Crippen LogP contribution in [0.1, 0.15) is 23.6 Å². The van der Waals surface area contributed by atoms with Crippen molar-refractivity contribution in [2.75, 3.05) is 19.6 Å². The first kappa shape index (κ1) is 16.7. The highest BCUT2D eigenvalue weighted by Gasteiger charge is 2.33. The van der Waals surface area contributed by atoms with Crippen molar-refractivity contribution in [3.63, 3.8) is 0 Å². The molecule has 0 radical (unpaired) electrons. The fourth-order valence-corrected chi connectivity index (χ4v) is 2.62. The highest BCUT2D eigenvalue weighted by atomic mass is 16.2. The van der Waals surface area contributed by atoms with Crippen LogP contribution in [0, 0.1) is 6.92 Å². The number of nitrogens with zero attached hydrogens (tertiary/aromatic N) is 1. The van der Waals surface area contributed by atoms with Gasteiger partial charge in [-0.05, 0) is 18.6 Å². The SMILES string of the molecule is C=CC(=O)NCCC(=O)N1CCNC(=O)C1c1cccc(C)c1. The first-order valence-corrected chi connectivity index (χ1v) is 7.57. The van der Waals surface area contributed by atoms with Crippen LogP contribution in [-0.4, -0.2) is 42.3 Å². The standard InChI is InChI=1S/C17H21N3O3/c1-3-14(21)18-8-7-15(22)20-10-9-19-17(23)16(20)13-6-4-5-12(2)11-13/h3-6,11,16H,1,7-10H2,2H3,(H,18,21)(H,19,23). The van der Waals surface area contributed by atoms with Crippen LogP contribution in [0.3, 0.4) is 0 Å². The van der Waals surface area contributed by atoms with Crippen molar-refractivity contribution in [2.24, 2.45) is 0 Å². The Balaban J connectivity index is 2.11. The second-order valence-corrected chi connectivity index (χ2v) is 5.44. The number of aryl methyl sites for hydroxylation is 1. The fraction of sp³-hybridized carbons (Fsp3) is 0.353. The maximum absolute atomic E-state index is 12.5. The Labute approximate surface area is 135 Å². The summed E-state index contributed by atoms with van der Waals surface area (Å²) in [7, 11) is 0. The number of carbonyl (C=O) groups is 3. The van der Waals surface area contributed by atoms with E-state index in [1.54, 1.807) is 4.90 Å². The van der Waals surface area contributed by atoms with Gasteiger partial charge in [-0.1, -0.05) is 36.4 Å². The van der Waals surface area contributed by atoms with Gasteiger partial charge in [0.25, 0.3) is 0 Å². The van der Waals surface area contributed by atoms with E-state index in [2.05, 4.69) is 17.2 Å². The fourth-order valence-electron chi connectivity index (χ4n) is 2.62. The van der Waals surface area contributed by atoms with E-state index in [0.29, 0.717) is 13.1 Å². The van der Waals surface area contributed by atoms with Crippen LogP contribution in [0.2, 0.25) is 0 Å². The molecule has 23 heavy (non-hydrogen) atoms. The second kappa shape index (κ2) is 7.58. The maximum Gasteiger partial charge on any atom is 0.247 e. The molecule has 1 aromatic rings. The molecule has 1 aliphatic rings. The lowest BCUT2D eigenvalue weighted by atomic mass is 10.00. The molecule has 0 saturated carbocycles. The van der Waals surface area contributed by atoms with Crippen molar-refractivity contribution in [2.45, 2.75) is 19.4 Å². The van der Waals surface area contributed by atoms with Gasteiger partial charge in [0.1, 0.15) is 6.04 Å². The zero-order chi connectivity index (χ0) is 16.8. The number of piperazine rings is 1. The third-order valence-corrected chi connectivity index (χ3v) is 3.71. The third-order valence-electron chi connectivity index (χ3n) is 3.71. The molecule has 1 aromatic carbocycles. The third kappa shape index (κ3) is 4.18. The molecule has 1 saturated heterocycles. The average Bonchev–Trinajstić information content (AvgIpc) is 2.54. The predicted octanol–water partition coefficient (Wildman–Crippen LogP) is 0.687.